The van der Waals surface area contributed by atoms with Gasteiger partial charge in [0.25, 0.3) is 12.3 Å². The van der Waals surface area contributed by atoms with E-state index in [-0.39, 0.29) is 29.1 Å². The van der Waals surface area contributed by atoms with Crippen LogP contribution < -0.4 is 20.4 Å². The van der Waals surface area contributed by atoms with Gasteiger partial charge in [0.2, 0.25) is 11.8 Å². The number of piperidine rings is 2. The Morgan fingerprint density at radius 3 is 2.53 bits per heavy atom. The van der Waals surface area contributed by atoms with Gasteiger partial charge in [-0.15, -0.1) is 0 Å². The minimum absolute atomic E-state index is 0.00456. The maximum absolute atomic E-state index is 14.3. The summed E-state index contributed by atoms with van der Waals surface area (Å²) in [7, 11) is 4.13. The fourth-order valence-electron chi connectivity index (χ4n) is 9.54. The number of morpholine rings is 1. The largest absolute Gasteiger partial charge is 0.378 e. The van der Waals surface area contributed by atoms with E-state index in [1.165, 1.54) is 10.7 Å². The normalized spacial score (nSPS) is 22.1. The lowest BCUT2D eigenvalue weighted by molar-refractivity contribution is -0.134. The molecule has 1 atom stereocenters. The molecule has 3 amide bonds. The Morgan fingerprint density at radius 1 is 1.00 bits per heavy atom. The van der Waals surface area contributed by atoms with Crippen LogP contribution in [0.3, 0.4) is 0 Å². The van der Waals surface area contributed by atoms with Gasteiger partial charge in [-0.25, -0.2) is 18.3 Å². The summed E-state index contributed by atoms with van der Waals surface area (Å²) in [6, 6.07) is 8.66. The molecule has 4 aliphatic rings. The third-order valence-corrected chi connectivity index (χ3v) is 13.1. The fourth-order valence-corrected chi connectivity index (χ4v) is 9.54. The highest BCUT2D eigenvalue weighted by Gasteiger charge is 2.33. The maximum atomic E-state index is 14.3. The van der Waals surface area contributed by atoms with Gasteiger partial charge in [0, 0.05) is 69.2 Å². The molecule has 1 saturated carbocycles. The van der Waals surface area contributed by atoms with Gasteiger partial charge in [0.05, 0.1) is 48.3 Å². The van der Waals surface area contributed by atoms with Crippen LogP contribution in [0.25, 0.3) is 16.6 Å². The van der Waals surface area contributed by atoms with E-state index < -0.39 is 23.9 Å². The number of halogens is 2. The van der Waals surface area contributed by atoms with Gasteiger partial charge >= 0.3 is 0 Å². The van der Waals surface area contributed by atoms with E-state index >= 15 is 0 Å². The van der Waals surface area contributed by atoms with Gasteiger partial charge in [-0.05, 0) is 95.1 Å². The first-order valence-electron chi connectivity index (χ1n) is 21.2. The third kappa shape index (κ3) is 8.06. The van der Waals surface area contributed by atoms with Gasteiger partial charge in [-0.2, -0.15) is 15.3 Å². The SMILES string of the molecule is CN(CCC1CCC(n2cc(NC(=O)c3cnn4ccc(N5CCOCC5)nc34)c(C(F)F)n2)CC1)C1CCN(c2ccc3c(C4CCC(=O)NC4=O)nn(C)c3c2)CC1. The number of alkyl halides is 2. The predicted molar refractivity (Wildman–Crippen MR) is 220 cm³/mol. The molecular formula is C42H52F2N12O4. The molecule has 60 heavy (non-hydrogen) atoms. The van der Waals surface area contributed by atoms with Crippen LogP contribution in [0.5, 0.6) is 0 Å². The van der Waals surface area contributed by atoms with Gasteiger partial charge in [-0.3, -0.25) is 29.1 Å². The van der Waals surface area contributed by atoms with E-state index in [0.29, 0.717) is 62.6 Å². The zero-order valence-corrected chi connectivity index (χ0v) is 34.1. The highest BCUT2D eigenvalue weighted by molar-refractivity contribution is 6.08. The summed E-state index contributed by atoms with van der Waals surface area (Å²) in [6.45, 7) is 5.44. The molecular weight excluding hydrogens is 775 g/mol. The predicted octanol–water partition coefficient (Wildman–Crippen LogP) is 5.08. The molecule has 0 bridgehead atoms. The molecule has 3 saturated heterocycles. The number of rotatable bonds is 11. The molecule has 9 rings (SSSR count). The highest BCUT2D eigenvalue weighted by atomic mass is 19.3. The van der Waals surface area contributed by atoms with Crippen molar-refractivity contribution in [3.63, 3.8) is 0 Å². The molecule has 3 aliphatic heterocycles. The van der Waals surface area contributed by atoms with Crippen LogP contribution in [0.2, 0.25) is 0 Å². The number of aromatic nitrogens is 7. The van der Waals surface area contributed by atoms with Crippen molar-refractivity contribution in [1.82, 2.24) is 44.4 Å². The number of benzene rings is 1. The Kier molecular flexibility index (Phi) is 11.2. The number of nitrogens with zero attached hydrogens (tertiary/aromatic N) is 10. The Morgan fingerprint density at radius 2 is 1.78 bits per heavy atom. The van der Waals surface area contributed by atoms with E-state index in [2.05, 4.69) is 65.8 Å². The Bertz CT molecular complexity index is 2370. The number of ether oxygens (including phenoxy) is 1. The van der Waals surface area contributed by atoms with E-state index in [1.807, 2.05) is 17.8 Å². The number of hydrogen-bond acceptors (Lipinski definition) is 11. The van der Waals surface area contributed by atoms with Gasteiger partial charge in [-0.1, -0.05) is 0 Å². The van der Waals surface area contributed by atoms with E-state index in [1.54, 1.807) is 17.1 Å². The number of carbonyl (C=O) groups excluding carboxylic acids is 3. The second-order valence-electron chi connectivity index (χ2n) is 16.8. The van der Waals surface area contributed by atoms with Crippen LogP contribution in [-0.2, 0) is 21.4 Å². The summed E-state index contributed by atoms with van der Waals surface area (Å²) in [5, 5.41) is 19.4. The number of hydrogen-bond donors (Lipinski definition) is 2. The summed E-state index contributed by atoms with van der Waals surface area (Å²) in [5.74, 6) is -0.235. The zero-order valence-electron chi connectivity index (χ0n) is 34.1. The van der Waals surface area contributed by atoms with Crippen LogP contribution >= 0.6 is 0 Å². The molecule has 0 spiro atoms. The van der Waals surface area contributed by atoms with Gasteiger partial charge < -0.3 is 24.8 Å². The molecule has 1 aliphatic carbocycles. The summed E-state index contributed by atoms with van der Waals surface area (Å²) in [6.07, 6.45) is 9.49. The lowest BCUT2D eigenvalue weighted by Gasteiger charge is -2.38. The number of imide groups is 1. The number of amides is 3. The summed E-state index contributed by atoms with van der Waals surface area (Å²) in [4.78, 5) is 49.4. The standard InChI is InChI=1S/C42H52F2N12O4/c1-51(27-12-16-53(17-13-27)29-7-8-30-34(23-29)52(2)49-37(30)31-9-10-36(57)48-41(31)58)15-11-26-3-5-28(6-4-26)56-25-33(38(50-56)39(43)44)46-42(59)32-24-45-55-18-14-35(47-40(32)55)54-19-21-60-22-20-54/h7-8,14,18,23-28,31,39H,3-6,9-13,15-17,19-22H2,1-2H3,(H,46,59)(H,48,57,58). The molecule has 318 valence electrons. The number of anilines is 3. The van der Waals surface area contributed by atoms with Crippen LogP contribution in [0.15, 0.2) is 42.9 Å². The van der Waals surface area contributed by atoms with Crippen molar-refractivity contribution >= 4 is 51.5 Å². The zero-order chi connectivity index (χ0) is 41.5. The van der Waals surface area contributed by atoms with Crippen LogP contribution in [-0.4, -0.2) is 116 Å². The minimum atomic E-state index is -2.85. The van der Waals surface area contributed by atoms with Crippen molar-refractivity contribution < 1.29 is 27.9 Å². The summed E-state index contributed by atoms with van der Waals surface area (Å²) >= 11 is 0. The molecule has 2 N–H and O–H groups in total. The third-order valence-electron chi connectivity index (χ3n) is 13.1. The second kappa shape index (κ2) is 16.9. The van der Waals surface area contributed by atoms with E-state index in [9.17, 15) is 23.2 Å². The summed E-state index contributed by atoms with van der Waals surface area (Å²) < 4.78 is 38.9. The van der Waals surface area contributed by atoms with Crippen molar-refractivity contribution in [2.45, 2.75) is 82.2 Å². The van der Waals surface area contributed by atoms with Crippen LogP contribution in [0.4, 0.5) is 26.0 Å². The second-order valence-corrected chi connectivity index (χ2v) is 16.8. The Balaban J connectivity index is 0.757. The van der Waals surface area contributed by atoms with Gasteiger partial charge in [0.1, 0.15) is 11.4 Å². The average molecular weight is 827 g/mol. The fraction of sp³-hybridized carbons (Fsp3) is 0.548. The lowest BCUT2D eigenvalue weighted by atomic mass is 9.84. The van der Waals surface area contributed by atoms with Crippen molar-refractivity contribution in [1.29, 1.82) is 0 Å². The molecule has 18 heteroatoms. The first-order valence-corrected chi connectivity index (χ1v) is 21.2. The highest BCUT2D eigenvalue weighted by Crippen LogP contribution is 2.37. The molecule has 1 aromatic carbocycles. The maximum Gasteiger partial charge on any atom is 0.284 e. The monoisotopic (exact) mass is 826 g/mol. The number of fused-ring (bicyclic) bond motifs is 2. The molecule has 7 heterocycles. The first-order chi connectivity index (χ1) is 29.1. The lowest BCUT2D eigenvalue weighted by Crippen LogP contribution is -2.44. The average Bonchev–Trinajstić information content (AvgIpc) is 3.98. The van der Waals surface area contributed by atoms with Crippen molar-refractivity contribution in [3.05, 3.63) is 59.8 Å². The van der Waals surface area contributed by atoms with E-state index in [4.69, 9.17) is 9.84 Å². The quantitative estimate of drug-likeness (QED) is 0.171. The minimum Gasteiger partial charge on any atom is -0.378 e. The number of carbonyl (C=O) groups is 3. The molecule has 0 radical (unpaired) electrons. The Labute approximate surface area is 346 Å². The number of aryl methyl sites for hydroxylation is 1. The molecule has 1 unspecified atom stereocenters. The van der Waals surface area contributed by atoms with Crippen LogP contribution in [0, 0.1) is 5.92 Å². The molecule has 5 aromatic rings. The van der Waals surface area contributed by atoms with Crippen molar-refractivity contribution in [3.8, 4) is 0 Å². The molecule has 16 nitrogen and oxygen atoms in total. The number of nitrogens with one attached hydrogen (secondary N) is 2. The van der Waals surface area contributed by atoms with Gasteiger partial charge in [0.15, 0.2) is 11.3 Å². The van der Waals surface area contributed by atoms with Crippen molar-refractivity contribution in [2.75, 3.05) is 68.1 Å². The molecule has 4 fully saturated rings. The first kappa shape index (κ1) is 39.9. The van der Waals surface area contributed by atoms with Crippen molar-refractivity contribution in [2.24, 2.45) is 13.0 Å². The van der Waals surface area contributed by atoms with E-state index in [0.717, 1.165) is 86.9 Å². The summed E-state index contributed by atoms with van der Waals surface area (Å²) in [5.41, 5.74) is 2.96. The molecule has 4 aromatic heterocycles. The smallest absolute Gasteiger partial charge is 0.284 e. The topological polar surface area (TPSA) is 160 Å². The Hall–Kier alpha value is -5.49. The van der Waals surface area contributed by atoms with Crippen LogP contribution in [0.1, 0.15) is 97.9 Å².